The van der Waals surface area contributed by atoms with E-state index >= 15 is 0 Å². The van der Waals surface area contributed by atoms with Gasteiger partial charge in [-0.25, -0.2) is 13.4 Å². The first-order valence-electron chi connectivity index (χ1n) is 3.91. The summed E-state index contributed by atoms with van der Waals surface area (Å²) < 4.78 is 27.5. The summed E-state index contributed by atoms with van der Waals surface area (Å²) in [6.07, 6.45) is 0. The first-order valence-corrected chi connectivity index (χ1v) is 5.73. The Labute approximate surface area is 81.0 Å². The normalized spacial score (nSPS) is 17.8. The molecule has 0 amide bonds. The van der Waals surface area contributed by atoms with Crippen LogP contribution in [0.5, 0.6) is 5.88 Å². The maximum atomic E-state index is 11.3. The van der Waals surface area contributed by atoms with Gasteiger partial charge in [0.25, 0.3) is 0 Å². The van der Waals surface area contributed by atoms with E-state index in [-0.39, 0.29) is 23.3 Å². The van der Waals surface area contributed by atoms with Gasteiger partial charge in [-0.05, 0) is 0 Å². The van der Waals surface area contributed by atoms with E-state index in [0.717, 1.165) is 0 Å². The minimum Gasteiger partial charge on any atom is -0.481 e. The van der Waals surface area contributed by atoms with Crippen molar-refractivity contribution in [3.05, 3.63) is 11.3 Å². The van der Waals surface area contributed by atoms with Crippen molar-refractivity contribution >= 4 is 15.8 Å². The Morgan fingerprint density at radius 1 is 1.36 bits per heavy atom. The highest BCUT2D eigenvalue weighted by atomic mass is 32.2. The highest BCUT2D eigenvalue weighted by molar-refractivity contribution is 7.90. The molecular formula is C7H9N3O3S. The Morgan fingerprint density at radius 2 is 2.07 bits per heavy atom. The molecule has 0 radical (unpaired) electrons. The highest BCUT2D eigenvalue weighted by Gasteiger charge is 2.30. The Kier molecular flexibility index (Phi) is 1.84. The molecule has 1 aliphatic heterocycles. The minimum absolute atomic E-state index is 0.0395. The van der Waals surface area contributed by atoms with Crippen LogP contribution in [0, 0.1) is 0 Å². The number of methoxy groups -OCH3 is 1. The second-order valence-electron chi connectivity index (χ2n) is 3.05. The highest BCUT2D eigenvalue weighted by Crippen LogP contribution is 2.30. The van der Waals surface area contributed by atoms with Gasteiger partial charge in [-0.3, -0.25) is 0 Å². The maximum Gasteiger partial charge on any atom is 0.223 e. The zero-order valence-corrected chi connectivity index (χ0v) is 8.34. The molecule has 2 N–H and O–H groups in total. The van der Waals surface area contributed by atoms with Crippen molar-refractivity contribution in [2.45, 2.75) is 11.5 Å². The first kappa shape index (κ1) is 9.20. The van der Waals surface area contributed by atoms with Crippen molar-refractivity contribution < 1.29 is 13.2 Å². The van der Waals surface area contributed by atoms with E-state index in [1.807, 2.05) is 0 Å². The number of fused-ring (bicyclic) bond motifs is 1. The SMILES string of the molecule is COc1nc(N)nc2c1CS(=O)(=O)C2. The molecule has 0 bridgehead atoms. The van der Waals surface area contributed by atoms with Gasteiger partial charge in [0.05, 0.1) is 29.9 Å². The molecular weight excluding hydrogens is 206 g/mol. The monoisotopic (exact) mass is 215 g/mol. The van der Waals surface area contributed by atoms with Gasteiger partial charge in [0.15, 0.2) is 9.84 Å². The summed E-state index contributed by atoms with van der Waals surface area (Å²) in [6, 6.07) is 0. The molecule has 0 saturated heterocycles. The standard InChI is InChI=1S/C7H9N3O3S/c1-13-6-4-2-14(11,12)3-5(4)9-7(8)10-6/h2-3H2,1H3,(H2,8,9,10). The van der Waals surface area contributed by atoms with Gasteiger partial charge in [-0.15, -0.1) is 0 Å². The Balaban J connectivity index is 2.61. The van der Waals surface area contributed by atoms with Crippen LogP contribution in [0.15, 0.2) is 0 Å². The summed E-state index contributed by atoms with van der Waals surface area (Å²) in [5.74, 6) is 0.156. The number of hydrogen-bond acceptors (Lipinski definition) is 6. The van der Waals surface area contributed by atoms with E-state index in [4.69, 9.17) is 10.5 Å². The molecule has 2 rings (SSSR count). The van der Waals surface area contributed by atoms with E-state index in [1.54, 1.807) is 0 Å². The predicted molar refractivity (Wildman–Crippen MR) is 49.3 cm³/mol. The lowest BCUT2D eigenvalue weighted by atomic mass is 10.3. The molecule has 1 aromatic heterocycles. The fourth-order valence-electron chi connectivity index (χ4n) is 1.44. The zero-order valence-electron chi connectivity index (χ0n) is 7.52. The van der Waals surface area contributed by atoms with Gasteiger partial charge in [0.2, 0.25) is 11.8 Å². The molecule has 7 heteroatoms. The minimum atomic E-state index is -3.09. The number of nitrogens with two attached hydrogens (primary N) is 1. The molecule has 1 aliphatic rings. The van der Waals surface area contributed by atoms with Crippen LogP contribution in [0.3, 0.4) is 0 Å². The van der Waals surface area contributed by atoms with E-state index in [2.05, 4.69) is 9.97 Å². The van der Waals surface area contributed by atoms with Crippen LogP contribution in [-0.4, -0.2) is 25.5 Å². The summed E-state index contributed by atoms with van der Waals surface area (Å²) in [4.78, 5) is 7.67. The number of rotatable bonds is 1. The van der Waals surface area contributed by atoms with E-state index in [0.29, 0.717) is 11.3 Å². The molecule has 0 atom stereocenters. The number of aromatic nitrogens is 2. The average molecular weight is 215 g/mol. The van der Waals surface area contributed by atoms with Crippen LogP contribution in [0.2, 0.25) is 0 Å². The summed E-state index contributed by atoms with van der Waals surface area (Å²) in [5.41, 5.74) is 6.38. The topological polar surface area (TPSA) is 95.2 Å². The quantitative estimate of drug-likeness (QED) is 0.678. The third-order valence-corrected chi connectivity index (χ3v) is 3.43. The molecule has 1 aromatic rings. The fraction of sp³-hybridized carbons (Fsp3) is 0.429. The lowest BCUT2D eigenvalue weighted by Gasteiger charge is -2.04. The number of anilines is 1. The largest absolute Gasteiger partial charge is 0.481 e. The number of sulfone groups is 1. The van der Waals surface area contributed by atoms with Gasteiger partial charge in [0, 0.05) is 0 Å². The van der Waals surface area contributed by atoms with Crippen LogP contribution in [-0.2, 0) is 21.3 Å². The van der Waals surface area contributed by atoms with Crippen molar-refractivity contribution in [3.8, 4) is 5.88 Å². The van der Waals surface area contributed by atoms with Crippen LogP contribution in [0.4, 0.5) is 5.95 Å². The third kappa shape index (κ3) is 1.39. The van der Waals surface area contributed by atoms with Crippen LogP contribution in [0.25, 0.3) is 0 Å². The second-order valence-corrected chi connectivity index (χ2v) is 5.11. The zero-order chi connectivity index (χ0) is 10.3. The van der Waals surface area contributed by atoms with Crippen LogP contribution in [0.1, 0.15) is 11.3 Å². The molecule has 6 nitrogen and oxygen atoms in total. The number of ether oxygens (including phenoxy) is 1. The molecule has 0 saturated carbocycles. The van der Waals surface area contributed by atoms with Crippen molar-refractivity contribution in [2.75, 3.05) is 12.8 Å². The van der Waals surface area contributed by atoms with Crippen molar-refractivity contribution in [2.24, 2.45) is 0 Å². The van der Waals surface area contributed by atoms with Gasteiger partial charge in [0.1, 0.15) is 0 Å². The lowest BCUT2D eigenvalue weighted by Crippen LogP contribution is -2.02. The molecule has 0 fully saturated rings. The van der Waals surface area contributed by atoms with E-state index in [1.165, 1.54) is 7.11 Å². The fourth-order valence-corrected chi connectivity index (χ4v) is 2.93. The number of nitrogen functional groups attached to an aromatic ring is 1. The van der Waals surface area contributed by atoms with Gasteiger partial charge in [-0.2, -0.15) is 4.98 Å². The van der Waals surface area contributed by atoms with Crippen LogP contribution >= 0.6 is 0 Å². The number of hydrogen-bond donors (Lipinski definition) is 1. The Morgan fingerprint density at radius 3 is 2.71 bits per heavy atom. The summed E-state index contributed by atoms with van der Waals surface area (Å²) in [5, 5.41) is 0. The lowest BCUT2D eigenvalue weighted by molar-refractivity contribution is 0.393. The van der Waals surface area contributed by atoms with E-state index in [9.17, 15) is 8.42 Å². The van der Waals surface area contributed by atoms with Crippen molar-refractivity contribution in [3.63, 3.8) is 0 Å². The van der Waals surface area contributed by atoms with Crippen LogP contribution < -0.4 is 10.5 Å². The van der Waals surface area contributed by atoms with Gasteiger partial charge < -0.3 is 10.5 Å². The molecule has 0 aromatic carbocycles. The average Bonchev–Trinajstić information content (AvgIpc) is 2.37. The molecule has 0 spiro atoms. The Bertz CT molecular complexity index is 483. The van der Waals surface area contributed by atoms with E-state index < -0.39 is 9.84 Å². The predicted octanol–water partition coefficient (Wildman–Crippen LogP) is -0.504. The molecule has 2 heterocycles. The summed E-state index contributed by atoms with van der Waals surface area (Å²) in [7, 11) is -1.67. The molecule has 0 aliphatic carbocycles. The van der Waals surface area contributed by atoms with Crippen molar-refractivity contribution in [1.82, 2.24) is 9.97 Å². The third-order valence-electron chi connectivity index (χ3n) is 1.99. The number of nitrogens with zero attached hydrogens (tertiary/aromatic N) is 2. The first-order chi connectivity index (χ1) is 6.52. The Hall–Kier alpha value is -1.37. The maximum absolute atomic E-state index is 11.3. The summed E-state index contributed by atoms with van der Waals surface area (Å²) >= 11 is 0. The molecule has 0 unspecified atom stereocenters. The smallest absolute Gasteiger partial charge is 0.223 e. The summed E-state index contributed by atoms with van der Waals surface area (Å²) in [6.45, 7) is 0. The van der Waals surface area contributed by atoms with Gasteiger partial charge in [-0.1, -0.05) is 0 Å². The molecule has 14 heavy (non-hydrogen) atoms. The van der Waals surface area contributed by atoms with Crippen molar-refractivity contribution in [1.29, 1.82) is 0 Å². The van der Waals surface area contributed by atoms with Gasteiger partial charge >= 0.3 is 0 Å². The second kappa shape index (κ2) is 2.81. The molecule has 76 valence electrons.